The molecule has 0 aliphatic carbocycles. The Morgan fingerprint density at radius 2 is 1.93 bits per heavy atom. The molecule has 156 valence electrons. The molecule has 2 aromatic carbocycles. The molecule has 1 N–H and O–H groups in total. The summed E-state index contributed by atoms with van der Waals surface area (Å²) in [6, 6.07) is 14.0. The quantitative estimate of drug-likeness (QED) is 0.369. The van der Waals surface area contributed by atoms with Crippen molar-refractivity contribution in [3.63, 3.8) is 0 Å². The van der Waals surface area contributed by atoms with Gasteiger partial charge in [0.2, 0.25) is 0 Å². The lowest BCUT2D eigenvalue weighted by molar-refractivity contribution is 0.299. The van der Waals surface area contributed by atoms with Gasteiger partial charge in [-0.3, -0.25) is 4.98 Å². The summed E-state index contributed by atoms with van der Waals surface area (Å²) in [6.07, 6.45) is 3.67. The number of nitrogens with one attached hydrogen (secondary N) is 1. The van der Waals surface area contributed by atoms with E-state index in [1.165, 1.54) is 16.6 Å². The highest BCUT2D eigenvalue weighted by molar-refractivity contribution is 6.42. The van der Waals surface area contributed by atoms with Crippen LogP contribution in [-0.4, -0.2) is 29.8 Å². The lowest BCUT2D eigenvalue weighted by Gasteiger charge is -2.13. The van der Waals surface area contributed by atoms with Gasteiger partial charge in [0.1, 0.15) is 12.4 Å². The van der Waals surface area contributed by atoms with E-state index in [0.29, 0.717) is 16.7 Å². The Hall–Kier alpha value is -2.27. The van der Waals surface area contributed by atoms with E-state index in [1.807, 2.05) is 49.5 Å². The van der Waals surface area contributed by atoms with Crippen LogP contribution in [0.2, 0.25) is 10.0 Å². The molecule has 0 atom stereocenters. The number of nitrogens with zero attached hydrogens (tertiary/aromatic N) is 2. The standard InChI is InChI=1S/C24H25Cl2N3O/c1-3-23-18(8-10-27-2)19-14-20(25)21(26)15-24(19)29(23)11-12-30-17-7-6-16-5-4-9-28-22(16)13-17/h4-7,9,13-15,27H,3,8,10-12H2,1-2H3. The van der Waals surface area contributed by atoms with Crippen LogP contribution in [0.5, 0.6) is 5.75 Å². The third kappa shape index (κ3) is 4.13. The number of aromatic nitrogens is 2. The zero-order valence-corrected chi connectivity index (χ0v) is 18.7. The maximum Gasteiger partial charge on any atom is 0.121 e. The maximum absolute atomic E-state index is 6.36. The molecule has 0 radical (unpaired) electrons. The summed E-state index contributed by atoms with van der Waals surface area (Å²) in [7, 11) is 1.97. The second-order valence-electron chi connectivity index (χ2n) is 7.27. The van der Waals surface area contributed by atoms with Gasteiger partial charge in [-0.1, -0.05) is 36.2 Å². The highest BCUT2D eigenvalue weighted by Gasteiger charge is 2.17. The van der Waals surface area contributed by atoms with Gasteiger partial charge >= 0.3 is 0 Å². The molecule has 0 amide bonds. The minimum Gasteiger partial charge on any atom is -0.492 e. The van der Waals surface area contributed by atoms with Crippen molar-refractivity contribution >= 4 is 45.0 Å². The number of halogens is 2. The van der Waals surface area contributed by atoms with Crippen molar-refractivity contribution in [1.82, 2.24) is 14.9 Å². The largest absolute Gasteiger partial charge is 0.492 e. The fourth-order valence-corrected chi connectivity index (χ4v) is 4.37. The lowest BCUT2D eigenvalue weighted by Crippen LogP contribution is -2.13. The van der Waals surface area contributed by atoms with E-state index in [1.54, 1.807) is 6.20 Å². The van der Waals surface area contributed by atoms with Gasteiger partial charge < -0.3 is 14.6 Å². The van der Waals surface area contributed by atoms with Crippen LogP contribution in [0.3, 0.4) is 0 Å². The molecule has 0 unspecified atom stereocenters. The van der Waals surface area contributed by atoms with E-state index in [-0.39, 0.29) is 0 Å². The smallest absolute Gasteiger partial charge is 0.121 e. The molecule has 0 aliphatic heterocycles. The van der Waals surface area contributed by atoms with Crippen LogP contribution >= 0.6 is 23.2 Å². The van der Waals surface area contributed by atoms with Gasteiger partial charge in [-0.15, -0.1) is 0 Å². The molecule has 0 saturated heterocycles. The number of benzene rings is 2. The Kier molecular flexibility index (Phi) is 6.47. The molecule has 2 aromatic heterocycles. The highest BCUT2D eigenvalue weighted by atomic mass is 35.5. The molecule has 4 aromatic rings. The van der Waals surface area contributed by atoms with Crippen molar-refractivity contribution in [1.29, 1.82) is 0 Å². The van der Waals surface area contributed by atoms with Gasteiger partial charge in [0.05, 0.1) is 27.6 Å². The first-order chi connectivity index (χ1) is 14.6. The molecule has 0 bridgehead atoms. The molecule has 2 heterocycles. The normalized spacial score (nSPS) is 11.5. The van der Waals surface area contributed by atoms with Gasteiger partial charge in [0.25, 0.3) is 0 Å². The van der Waals surface area contributed by atoms with Crippen LogP contribution in [0.4, 0.5) is 0 Å². The van der Waals surface area contributed by atoms with E-state index in [9.17, 15) is 0 Å². The molecular weight excluding hydrogens is 417 g/mol. The van der Waals surface area contributed by atoms with E-state index in [4.69, 9.17) is 27.9 Å². The number of hydrogen-bond acceptors (Lipinski definition) is 3. The first-order valence-electron chi connectivity index (χ1n) is 10.2. The SMILES string of the molecule is CCc1c(CCNC)c2cc(Cl)c(Cl)cc2n1CCOc1ccc2cccnc2c1. The van der Waals surface area contributed by atoms with Gasteiger partial charge in [0, 0.05) is 28.7 Å². The lowest BCUT2D eigenvalue weighted by atomic mass is 10.1. The Balaban J connectivity index is 1.62. The second kappa shape index (κ2) is 9.25. The molecule has 6 heteroatoms. The number of ether oxygens (including phenoxy) is 1. The van der Waals surface area contributed by atoms with Gasteiger partial charge in [0.15, 0.2) is 0 Å². The second-order valence-corrected chi connectivity index (χ2v) is 8.09. The minimum atomic E-state index is 0.556. The van der Waals surface area contributed by atoms with E-state index in [2.05, 4.69) is 21.8 Å². The molecule has 0 saturated carbocycles. The number of rotatable bonds is 8. The number of pyridine rings is 1. The van der Waals surface area contributed by atoms with Crippen molar-refractivity contribution in [2.24, 2.45) is 0 Å². The van der Waals surface area contributed by atoms with E-state index >= 15 is 0 Å². The van der Waals surface area contributed by atoms with Crippen LogP contribution in [0.15, 0.2) is 48.7 Å². The zero-order chi connectivity index (χ0) is 21.1. The topological polar surface area (TPSA) is 39.1 Å². The molecule has 0 aliphatic rings. The molecule has 0 spiro atoms. The van der Waals surface area contributed by atoms with E-state index in [0.717, 1.165) is 48.1 Å². The molecular formula is C24H25Cl2N3O. The van der Waals surface area contributed by atoms with Crippen LogP contribution in [0.1, 0.15) is 18.2 Å². The Morgan fingerprint density at radius 1 is 1.10 bits per heavy atom. The summed E-state index contributed by atoms with van der Waals surface area (Å²) in [6.45, 7) is 4.39. The zero-order valence-electron chi connectivity index (χ0n) is 17.2. The van der Waals surface area contributed by atoms with Crippen LogP contribution in [-0.2, 0) is 19.4 Å². The van der Waals surface area contributed by atoms with Crippen molar-refractivity contribution in [2.75, 3.05) is 20.2 Å². The monoisotopic (exact) mass is 441 g/mol. The summed E-state index contributed by atoms with van der Waals surface area (Å²) in [5, 5.41) is 6.70. The average molecular weight is 442 g/mol. The number of fused-ring (bicyclic) bond motifs is 2. The predicted molar refractivity (Wildman–Crippen MR) is 126 cm³/mol. The summed E-state index contributed by atoms with van der Waals surface area (Å²) >= 11 is 12.7. The number of likely N-dealkylation sites (N-methyl/N-ethyl adjacent to an activating group) is 1. The third-order valence-corrected chi connectivity index (χ3v) is 6.17. The Bertz CT molecular complexity index is 1190. The first-order valence-corrected chi connectivity index (χ1v) is 11.0. The summed E-state index contributed by atoms with van der Waals surface area (Å²) in [5.74, 6) is 0.826. The van der Waals surface area contributed by atoms with Crippen molar-refractivity contribution in [2.45, 2.75) is 26.3 Å². The Labute approximate surface area is 186 Å². The summed E-state index contributed by atoms with van der Waals surface area (Å²) in [4.78, 5) is 4.41. The fraction of sp³-hybridized carbons (Fsp3) is 0.292. The first kappa shape index (κ1) is 21.0. The Morgan fingerprint density at radius 3 is 2.73 bits per heavy atom. The van der Waals surface area contributed by atoms with E-state index < -0.39 is 0 Å². The number of hydrogen-bond donors (Lipinski definition) is 1. The van der Waals surface area contributed by atoms with Crippen molar-refractivity contribution in [3.05, 3.63) is 70.0 Å². The maximum atomic E-state index is 6.36. The molecule has 30 heavy (non-hydrogen) atoms. The van der Waals surface area contributed by atoms with Crippen LogP contribution < -0.4 is 10.1 Å². The molecule has 4 nitrogen and oxygen atoms in total. The van der Waals surface area contributed by atoms with Gasteiger partial charge in [-0.25, -0.2) is 0 Å². The van der Waals surface area contributed by atoms with Crippen LogP contribution in [0, 0.1) is 0 Å². The van der Waals surface area contributed by atoms with Crippen molar-refractivity contribution in [3.8, 4) is 5.75 Å². The molecule has 0 fully saturated rings. The van der Waals surface area contributed by atoms with Gasteiger partial charge in [-0.05, 0) is 62.3 Å². The predicted octanol–water partition coefficient (Wildman–Crippen LogP) is 5.90. The highest BCUT2D eigenvalue weighted by Crippen LogP contribution is 2.34. The molecule has 4 rings (SSSR count). The van der Waals surface area contributed by atoms with Crippen LogP contribution in [0.25, 0.3) is 21.8 Å². The summed E-state index contributed by atoms with van der Waals surface area (Å²) in [5.41, 5.74) is 4.68. The van der Waals surface area contributed by atoms with Gasteiger partial charge in [-0.2, -0.15) is 0 Å². The van der Waals surface area contributed by atoms with Crippen molar-refractivity contribution < 1.29 is 4.74 Å². The third-order valence-electron chi connectivity index (χ3n) is 5.45. The average Bonchev–Trinajstić information content (AvgIpc) is 3.04. The minimum absolute atomic E-state index is 0.556. The summed E-state index contributed by atoms with van der Waals surface area (Å²) < 4.78 is 8.40. The fourth-order valence-electron chi connectivity index (χ4n) is 4.04.